The Morgan fingerprint density at radius 3 is 2.70 bits per heavy atom. The molecule has 2 aromatic rings. The van der Waals surface area contributed by atoms with Gasteiger partial charge in [-0.3, -0.25) is 4.79 Å². The Labute approximate surface area is 124 Å². The standard InChI is InChI=1S/C15H13BrFNO2/c1-2-20-14-6-4-10(16)8-11(14)15(19)9-3-5-13(18)12(17)7-9/h3-8H,2,18H2,1H3. The molecule has 0 amide bonds. The number of carbonyl (C=O) groups excluding carboxylic acids is 1. The van der Waals surface area contributed by atoms with Crippen LogP contribution in [0.3, 0.4) is 0 Å². The van der Waals surface area contributed by atoms with Gasteiger partial charge >= 0.3 is 0 Å². The second kappa shape index (κ2) is 6.05. The van der Waals surface area contributed by atoms with Gasteiger partial charge in [-0.15, -0.1) is 0 Å². The molecule has 0 bridgehead atoms. The van der Waals surface area contributed by atoms with Gasteiger partial charge < -0.3 is 10.5 Å². The Bertz CT molecular complexity index is 658. The molecule has 2 rings (SSSR count). The molecule has 0 aliphatic rings. The minimum absolute atomic E-state index is 0.0147. The van der Waals surface area contributed by atoms with Crippen LogP contribution in [0.4, 0.5) is 10.1 Å². The first-order valence-electron chi connectivity index (χ1n) is 6.05. The van der Waals surface area contributed by atoms with Gasteiger partial charge in [0.1, 0.15) is 11.6 Å². The lowest BCUT2D eigenvalue weighted by molar-refractivity contribution is 0.103. The summed E-state index contributed by atoms with van der Waals surface area (Å²) in [4.78, 5) is 12.4. The maximum Gasteiger partial charge on any atom is 0.196 e. The summed E-state index contributed by atoms with van der Waals surface area (Å²) in [6.07, 6.45) is 0. The van der Waals surface area contributed by atoms with E-state index < -0.39 is 5.82 Å². The number of ether oxygens (including phenoxy) is 1. The summed E-state index contributed by atoms with van der Waals surface area (Å²) in [6, 6.07) is 9.15. The number of nitrogen functional groups attached to an aromatic ring is 1. The van der Waals surface area contributed by atoms with Crippen LogP contribution in [0.5, 0.6) is 5.75 Å². The van der Waals surface area contributed by atoms with Crippen molar-refractivity contribution < 1.29 is 13.9 Å². The quantitative estimate of drug-likeness (QED) is 0.681. The van der Waals surface area contributed by atoms with E-state index in [0.717, 1.165) is 10.5 Å². The summed E-state index contributed by atoms with van der Waals surface area (Å²) < 4.78 is 19.6. The molecule has 0 saturated heterocycles. The van der Waals surface area contributed by atoms with Gasteiger partial charge in [0.05, 0.1) is 17.9 Å². The molecule has 104 valence electrons. The Morgan fingerprint density at radius 2 is 2.05 bits per heavy atom. The Morgan fingerprint density at radius 1 is 1.30 bits per heavy atom. The lowest BCUT2D eigenvalue weighted by atomic mass is 10.0. The molecule has 20 heavy (non-hydrogen) atoms. The zero-order valence-corrected chi connectivity index (χ0v) is 12.4. The monoisotopic (exact) mass is 337 g/mol. The van der Waals surface area contributed by atoms with E-state index in [2.05, 4.69) is 15.9 Å². The zero-order chi connectivity index (χ0) is 14.7. The van der Waals surface area contributed by atoms with Crippen molar-refractivity contribution in [1.82, 2.24) is 0 Å². The van der Waals surface area contributed by atoms with Crippen LogP contribution < -0.4 is 10.5 Å². The van der Waals surface area contributed by atoms with Crippen LogP contribution in [-0.2, 0) is 0 Å². The predicted molar refractivity (Wildman–Crippen MR) is 79.6 cm³/mol. The number of ketones is 1. The largest absolute Gasteiger partial charge is 0.493 e. The van der Waals surface area contributed by atoms with E-state index >= 15 is 0 Å². The van der Waals surface area contributed by atoms with Crippen LogP contribution in [0.25, 0.3) is 0 Å². The molecule has 0 fully saturated rings. The number of nitrogens with two attached hydrogens (primary N) is 1. The van der Waals surface area contributed by atoms with Crippen LogP contribution >= 0.6 is 15.9 Å². The average Bonchev–Trinajstić information content (AvgIpc) is 2.43. The number of anilines is 1. The van der Waals surface area contributed by atoms with E-state index in [1.165, 1.54) is 12.1 Å². The molecule has 0 aliphatic carbocycles. The molecule has 0 saturated carbocycles. The minimum atomic E-state index is -0.608. The van der Waals surface area contributed by atoms with Gasteiger partial charge in [0.2, 0.25) is 0 Å². The molecule has 0 atom stereocenters. The maximum absolute atomic E-state index is 13.5. The van der Waals surface area contributed by atoms with Gasteiger partial charge in [0.25, 0.3) is 0 Å². The molecule has 5 heteroatoms. The van der Waals surface area contributed by atoms with Crippen molar-refractivity contribution in [2.75, 3.05) is 12.3 Å². The third-order valence-corrected chi connectivity index (χ3v) is 3.24. The van der Waals surface area contributed by atoms with Crippen molar-refractivity contribution in [1.29, 1.82) is 0 Å². The Kier molecular flexibility index (Phi) is 4.39. The number of rotatable bonds is 4. The van der Waals surface area contributed by atoms with E-state index in [4.69, 9.17) is 10.5 Å². The van der Waals surface area contributed by atoms with Crippen molar-refractivity contribution in [3.05, 3.63) is 57.8 Å². The third-order valence-electron chi connectivity index (χ3n) is 2.75. The first kappa shape index (κ1) is 14.5. The van der Waals surface area contributed by atoms with Crippen LogP contribution in [0.2, 0.25) is 0 Å². The fourth-order valence-corrected chi connectivity index (χ4v) is 2.15. The highest BCUT2D eigenvalue weighted by atomic mass is 79.9. The number of carbonyl (C=O) groups is 1. The van der Waals surface area contributed by atoms with Crippen molar-refractivity contribution in [2.24, 2.45) is 0 Å². The topological polar surface area (TPSA) is 52.3 Å². The molecular weight excluding hydrogens is 325 g/mol. The molecule has 2 N–H and O–H groups in total. The second-order valence-corrected chi connectivity index (χ2v) is 5.05. The molecule has 0 heterocycles. The summed E-state index contributed by atoms with van der Waals surface area (Å²) in [6.45, 7) is 2.27. The first-order valence-corrected chi connectivity index (χ1v) is 6.84. The fraction of sp³-hybridized carbons (Fsp3) is 0.133. The van der Waals surface area contributed by atoms with Crippen LogP contribution in [0.1, 0.15) is 22.8 Å². The van der Waals surface area contributed by atoms with E-state index in [0.29, 0.717) is 17.9 Å². The van der Waals surface area contributed by atoms with Gasteiger partial charge in [0, 0.05) is 10.0 Å². The van der Waals surface area contributed by atoms with Crippen LogP contribution in [0.15, 0.2) is 40.9 Å². The Hall–Kier alpha value is -1.88. The lowest BCUT2D eigenvalue weighted by Gasteiger charge is -2.10. The van der Waals surface area contributed by atoms with Gasteiger partial charge in [-0.25, -0.2) is 4.39 Å². The SMILES string of the molecule is CCOc1ccc(Br)cc1C(=O)c1ccc(N)c(F)c1. The van der Waals surface area contributed by atoms with E-state index in [9.17, 15) is 9.18 Å². The van der Waals surface area contributed by atoms with Crippen molar-refractivity contribution in [3.8, 4) is 5.75 Å². The number of hydrogen-bond acceptors (Lipinski definition) is 3. The molecule has 0 aliphatic heterocycles. The maximum atomic E-state index is 13.5. The number of benzene rings is 2. The normalized spacial score (nSPS) is 10.3. The second-order valence-electron chi connectivity index (χ2n) is 4.14. The molecule has 0 radical (unpaired) electrons. The smallest absolute Gasteiger partial charge is 0.196 e. The molecule has 2 aromatic carbocycles. The highest BCUT2D eigenvalue weighted by Gasteiger charge is 2.16. The van der Waals surface area contributed by atoms with Gasteiger partial charge in [-0.2, -0.15) is 0 Å². The van der Waals surface area contributed by atoms with Crippen LogP contribution in [-0.4, -0.2) is 12.4 Å². The molecule has 0 aromatic heterocycles. The summed E-state index contributed by atoms with van der Waals surface area (Å²) >= 11 is 3.31. The molecule has 0 spiro atoms. The molecule has 3 nitrogen and oxygen atoms in total. The van der Waals surface area contributed by atoms with Crippen molar-refractivity contribution in [2.45, 2.75) is 6.92 Å². The highest BCUT2D eigenvalue weighted by Crippen LogP contribution is 2.26. The minimum Gasteiger partial charge on any atom is -0.493 e. The summed E-state index contributed by atoms with van der Waals surface area (Å²) in [5, 5.41) is 0. The summed E-state index contributed by atoms with van der Waals surface area (Å²) in [7, 11) is 0. The van der Waals surface area contributed by atoms with Gasteiger partial charge in [-0.1, -0.05) is 15.9 Å². The zero-order valence-electron chi connectivity index (χ0n) is 10.8. The summed E-state index contributed by atoms with van der Waals surface area (Å²) in [5.74, 6) is -0.449. The van der Waals surface area contributed by atoms with Crippen LogP contribution in [0, 0.1) is 5.82 Å². The number of halogens is 2. The van der Waals surface area contributed by atoms with Gasteiger partial charge in [-0.05, 0) is 43.3 Å². The third kappa shape index (κ3) is 2.99. The lowest BCUT2D eigenvalue weighted by Crippen LogP contribution is -2.06. The predicted octanol–water partition coefficient (Wildman–Crippen LogP) is 3.80. The molecule has 0 unspecified atom stereocenters. The van der Waals surface area contributed by atoms with E-state index in [-0.39, 0.29) is 17.0 Å². The molecular formula is C15H13BrFNO2. The van der Waals surface area contributed by atoms with Gasteiger partial charge in [0.15, 0.2) is 5.78 Å². The Balaban J connectivity index is 2.46. The van der Waals surface area contributed by atoms with E-state index in [1.807, 2.05) is 6.92 Å². The van der Waals surface area contributed by atoms with Crippen molar-refractivity contribution >= 4 is 27.4 Å². The highest BCUT2D eigenvalue weighted by molar-refractivity contribution is 9.10. The fourth-order valence-electron chi connectivity index (χ4n) is 1.78. The van der Waals surface area contributed by atoms with E-state index in [1.54, 1.807) is 18.2 Å². The average molecular weight is 338 g/mol. The first-order chi connectivity index (χ1) is 9.52. The summed E-state index contributed by atoms with van der Waals surface area (Å²) in [5.41, 5.74) is 6.04. The van der Waals surface area contributed by atoms with Crippen molar-refractivity contribution in [3.63, 3.8) is 0 Å². The number of hydrogen-bond donors (Lipinski definition) is 1.